The number of rotatable bonds is 8. The summed E-state index contributed by atoms with van der Waals surface area (Å²) in [6.45, 7) is 7.52. The van der Waals surface area contributed by atoms with Crippen LogP contribution in [0.1, 0.15) is 18.7 Å². The number of nitrogens with zero attached hydrogens (tertiary/aromatic N) is 1. The van der Waals surface area contributed by atoms with Gasteiger partial charge in [0.15, 0.2) is 11.7 Å². The largest absolute Gasteiger partial charge is 0.440 e. The first kappa shape index (κ1) is 21.4. The minimum atomic E-state index is -0.403. The molecule has 6 heteroatoms. The average molecular weight is 432 g/mol. The molecular formula is C26H22F2N2O2. The Morgan fingerprint density at radius 1 is 1.03 bits per heavy atom. The summed E-state index contributed by atoms with van der Waals surface area (Å²) in [5.74, 6) is -0.366. The molecular weight excluding hydrogens is 410 g/mol. The van der Waals surface area contributed by atoms with Crippen molar-refractivity contribution in [1.29, 1.82) is 0 Å². The monoisotopic (exact) mass is 432 g/mol. The number of aromatic nitrogens is 1. The molecule has 0 fully saturated rings. The number of nitrogens with one attached hydrogen (secondary N) is 1. The normalized spacial score (nSPS) is 15.7. The molecule has 0 aliphatic carbocycles. The van der Waals surface area contributed by atoms with Gasteiger partial charge in [0.2, 0.25) is 5.91 Å². The molecule has 32 heavy (non-hydrogen) atoms. The van der Waals surface area contributed by atoms with E-state index in [-0.39, 0.29) is 11.8 Å². The molecule has 1 aliphatic rings. The molecule has 0 radical (unpaired) electrons. The van der Waals surface area contributed by atoms with Gasteiger partial charge in [0.25, 0.3) is 0 Å². The second-order valence-electron chi connectivity index (χ2n) is 7.52. The van der Waals surface area contributed by atoms with Crippen molar-refractivity contribution >= 4 is 5.91 Å². The molecule has 0 saturated heterocycles. The van der Waals surface area contributed by atoms with Gasteiger partial charge < -0.3 is 9.73 Å². The van der Waals surface area contributed by atoms with Gasteiger partial charge in [-0.2, -0.15) is 0 Å². The van der Waals surface area contributed by atoms with E-state index < -0.39 is 11.6 Å². The van der Waals surface area contributed by atoms with Crippen molar-refractivity contribution in [3.8, 4) is 22.6 Å². The number of amides is 1. The standard InChI is InChI=1S/C26H22F2N2O2/c1-3-20-21(26(31)29-22(20)4-2)12-7-13-23-30-24(16-8-5-10-18(27)14-16)25(32-23)17-9-6-11-19(28)15-17/h3-6,8-11,14-15,21H,1-2,7,12-13H2,(H,29,31). The lowest BCUT2D eigenvalue weighted by atomic mass is 9.94. The van der Waals surface area contributed by atoms with Crippen LogP contribution in [-0.2, 0) is 11.2 Å². The lowest BCUT2D eigenvalue weighted by Gasteiger charge is -2.08. The fourth-order valence-electron chi connectivity index (χ4n) is 3.91. The molecule has 3 aromatic rings. The summed E-state index contributed by atoms with van der Waals surface area (Å²) >= 11 is 0. The fourth-order valence-corrected chi connectivity index (χ4v) is 3.91. The zero-order chi connectivity index (χ0) is 22.7. The maximum Gasteiger partial charge on any atom is 0.232 e. The van der Waals surface area contributed by atoms with Crippen LogP contribution in [0.2, 0.25) is 0 Å². The van der Waals surface area contributed by atoms with Gasteiger partial charge in [-0.15, -0.1) is 0 Å². The maximum absolute atomic E-state index is 13.8. The summed E-state index contributed by atoms with van der Waals surface area (Å²) in [7, 11) is 0. The first-order chi connectivity index (χ1) is 15.5. The third kappa shape index (κ3) is 4.30. The van der Waals surface area contributed by atoms with Gasteiger partial charge in [-0.1, -0.05) is 43.5 Å². The SMILES string of the molecule is C=CC1=C(C=C)C(CCCc2nc(-c3cccc(F)c3)c(-c3cccc(F)c3)o2)C(=O)N1. The summed E-state index contributed by atoms with van der Waals surface area (Å²) in [5.41, 5.74) is 3.03. The molecule has 1 unspecified atom stereocenters. The van der Waals surface area contributed by atoms with E-state index >= 15 is 0 Å². The van der Waals surface area contributed by atoms with Crippen LogP contribution in [0.3, 0.4) is 0 Å². The van der Waals surface area contributed by atoms with Gasteiger partial charge in [0, 0.05) is 23.2 Å². The molecule has 1 N–H and O–H groups in total. The zero-order valence-corrected chi connectivity index (χ0v) is 17.4. The van der Waals surface area contributed by atoms with Crippen LogP contribution in [0.15, 0.2) is 89.5 Å². The second kappa shape index (κ2) is 9.14. The van der Waals surface area contributed by atoms with E-state index in [2.05, 4.69) is 23.5 Å². The van der Waals surface area contributed by atoms with Gasteiger partial charge in [-0.25, -0.2) is 13.8 Å². The van der Waals surface area contributed by atoms with E-state index in [4.69, 9.17) is 4.42 Å². The third-order valence-electron chi connectivity index (χ3n) is 5.42. The Kier molecular flexibility index (Phi) is 6.12. The molecule has 1 aromatic heterocycles. The van der Waals surface area contributed by atoms with Crippen molar-refractivity contribution in [2.45, 2.75) is 19.3 Å². The number of aryl methyl sites for hydroxylation is 1. The summed E-state index contributed by atoms with van der Waals surface area (Å²) in [6, 6.07) is 12.0. The molecule has 4 rings (SSSR count). The lowest BCUT2D eigenvalue weighted by Crippen LogP contribution is -2.21. The molecule has 162 valence electrons. The predicted molar refractivity (Wildman–Crippen MR) is 119 cm³/mol. The molecule has 1 amide bonds. The fraction of sp³-hybridized carbons (Fsp3) is 0.154. The number of hydrogen-bond donors (Lipinski definition) is 1. The van der Waals surface area contributed by atoms with E-state index in [1.807, 2.05) is 0 Å². The van der Waals surface area contributed by atoms with E-state index in [0.29, 0.717) is 53.4 Å². The summed E-state index contributed by atoms with van der Waals surface area (Å²) in [6.07, 6.45) is 4.96. The van der Waals surface area contributed by atoms with Gasteiger partial charge >= 0.3 is 0 Å². The van der Waals surface area contributed by atoms with Crippen LogP contribution in [-0.4, -0.2) is 10.9 Å². The number of carbonyl (C=O) groups excluding carboxylic acids is 1. The quantitative estimate of drug-likeness (QED) is 0.476. The van der Waals surface area contributed by atoms with Gasteiger partial charge in [0.05, 0.1) is 5.92 Å². The number of benzene rings is 2. The van der Waals surface area contributed by atoms with Gasteiger partial charge in [-0.3, -0.25) is 4.79 Å². The molecule has 2 aromatic carbocycles. The number of hydrogen-bond acceptors (Lipinski definition) is 3. The minimum Gasteiger partial charge on any atom is -0.440 e. The van der Waals surface area contributed by atoms with Crippen molar-refractivity contribution in [2.75, 3.05) is 0 Å². The maximum atomic E-state index is 13.8. The molecule has 0 bridgehead atoms. The van der Waals surface area contributed by atoms with Gasteiger partial charge in [0.1, 0.15) is 17.3 Å². The number of oxazole rings is 1. The van der Waals surface area contributed by atoms with Crippen LogP contribution in [0, 0.1) is 17.6 Å². The lowest BCUT2D eigenvalue weighted by molar-refractivity contribution is -0.122. The van der Waals surface area contributed by atoms with Crippen molar-refractivity contribution < 1.29 is 18.0 Å². The highest BCUT2D eigenvalue weighted by Gasteiger charge is 2.30. The molecule has 1 aliphatic heterocycles. The number of carbonyl (C=O) groups is 1. The summed E-state index contributed by atoms with van der Waals surface area (Å²) in [4.78, 5) is 16.9. The Hall–Kier alpha value is -3.80. The van der Waals surface area contributed by atoms with E-state index in [1.165, 1.54) is 24.3 Å². The van der Waals surface area contributed by atoms with E-state index in [1.54, 1.807) is 36.4 Å². The highest BCUT2D eigenvalue weighted by Crippen LogP contribution is 2.34. The number of halogens is 2. The molecule has 0 saturated carbocycles. The van der Waals surface area contributed by atoms with Crippen LogP contribution >= 0.6 is 0 Å². The van der Waals surface area contributed by atoms with E-state index in [9.17, 15) is 13.6 Å². The van der Waals surface area contributed by atoms with Crippen LogP contribution in [0.25, 0.3) is 22.6 Å². The summed E-state index contributed by atoms with van der Waals surface area (Å²) < 4.78 is 33.6. The molecule has 0 spiro atoms. The van der Waals surface area contributed by atoms with Crippen molar-refractivity contribution in [3.63, 3.8) is 0 Å². The van der Waals surface area contributed by atoms with Crippen LogP contribution in [0.5, 0.6) is 0 Å². The van der Waals surface area contributed by atoms with Crippen molar-refractivity contribution in [1.82, 2.24) is 10.3 Å². The first-order valence-electron chi connectivity index (χ1n) is 10.3. The van der Waals surface area contributed by atoms with Crippen LogP contribution < -0.4 is 5.32 Å². The zero-order valence-electron chi connectivity index (χ0n) is 17.4. The van der Waals surface area contributed by atoms with Crippen molar-refractivity contribution in [2.24, 2.45) is 5.92 Å². The Morgan fingerprint density at radius 3 is 2.38 bits per heavy atom. The highest BCUT2D eigenvalue weighted by atomic mass is 19.1. The predicted octanol–water partition coefficient (Wildman–Crippen LogP) is 5.98. The smallest absolute Gasteiger partial charge is 0.232 e. The Balaban J connectivity index is 1.59. The van der Waals surface area contributed by atoms with E-state index in [0.717, 1.165) is 5.57 Å². The topological polar surface area (TPSA) is 55.1 Å². The molecule has 2 heterocycles. The Labute approximate surface area is 185 Å². The minimum absolute atomic E-state index is 0.0805. The Bertz CT molecular complexity index is 1160. The molecule has 4 nitrogen and oxygen atoms in total. The summed E-state index contributed by atoms with van der Waals surface area (Å²) in [5, 5.41) is 2.81. The number of allylic oxidation sites excluding steroid dienone is 2. The van der Waals surface area contributed by atoms with Gasteiger partial charge in [-0.05, 0) is 48.8 Å². The van der Waals surface area contributed by atoms with Crippen LogP contribution in [0.4, 0.5) is 8.78 Å². The Morgan fingerprint density at radius 2 is 1.72 bits per heavy atom. The average Bonchev–Trinajstić information content (AvgIpc) is 3.34. The second-order valence-corrected chi connectivity index (χ2v) is 7.52. The highest BCUT2D eigenvalue weighted by molar-refractivity contribution is 5.88. The molecule has 1 atom stereocenters. The first-order valence-corrected chi connectivity index (χ1v) is 10.3. The third-order valence-corrected chi connectivity index (χ3v) is 5.42. The van der Waals surface area contributed by atoms with Crippen molar-refractivity contribution in [3.05, 3.63) is 103 Å².